The molecule has 2 heterocycles. The third-order valence-electron chi connectivity index (χ3n) is 4.07. The van der Waals surface area contributed by atoms with Gasteiger partial charge in [-0.05, 0) is 19.3 Å². The topological polar surface area (TPSA) is 83.5 Å². The van der Waals surface area contributed by atoms with Crippen LogP contribution in [-0.2, 0) is 6.54 Å². The molecule has 7 heteroatoms. The Morgan fingerprint density at radius 2 is 2.00 bits per heavy atom. The molecule has 0 bridgehead atoms. The Kier molecular flexibility index (Phi) is 3.75. The number of rotatable bonds is 3. The van der Waals surface area contributed by atoms with Crippen LogP contribution in [0.25, 0.3) is 11.0 Å². The minimum absolute atomic E-state index is 0.275. The fraction of sp³-hybridized carbons (Fsp3) is 0.571. The van der Waals surface area contributed by atoms with E-state index in [4.69, 9.17) is 12.2 Å². The molecule has 0 saturated heterocycles. The zero-order valence-corrected chi connectivity index (χ0v) is 12.8. The fourth-order valence-corrected chi connectivity index (χ4v) is 3.33. The summed E-state index contributed by atoms with van der Waals surface area (Å²) in [6.07, 6.45) is 5.31. The summed E-state index contributed by atoms with van der Waals surface area (Å²) in [7, 11) is 0. The summed E-state index contributed by atoms with van der Waals surface area (Å²) in [6, 6.07) is 0. The van der Waals surface area contributed by atoms with E-state index in [1.807, 2.05) is 6.92 Å². The van der Waals surface area contributed by atoms with E-state index < -0.39 is 11.2 Å². The highest BCUT2D eigenvalue weighted by atomic mass is 32.1. The molecule has 2 aromatic rings. The normalized spacial score (nSPS) is 15.9. The van der Waals surface area contributed by atoms with Crippen LogP contribution in [0.4, 0.5) is 0 Å². The molecule has 2 aromatic heterocycles. The van der Waals surface area contributed by atoms with Gasteiger partial charge in [0, 0.05) is 12.5 Å². The Bertz CT molecular complexity index is 843. The second-order valence-corrected chi connectivity index (χ2v) is 5.93. The Hall–Kier alpha value is -1.76. The van der Waals surface area contributed by atoms with Gasteiger partial charge < -0.3 is 4.98 Å². The van der Waals surface area contributed by atoms with Crippen LogP contribution in [-0.4, -0.2) is 19.5 Å². The van der Waals surface area contributed by atoms with Crippen LogP contribution in [0.3, 0.4) is 0 Å². The van der Waals surface area contributed by atoms with E-state index in [9.17, 15) is 9.59 Å². The van der Waals surface area contributed by atoms with Crippen LogP contribution in [0.15, 0.2) is 9.59 Å². The van der Waals surface area contributed by atoms with Gasteiger partial charge in [0.15, 0.2) is 0 Å². The lowest BCUT2D eigenvalue weighted by atomic mass is 10.1. The Labute approximate surface area is 126 Å². The van der Waals surface area contributed by atoms with E-state index in [0.29, 0.717) is 23.5 Å². The van der Waals surface area contributed by atoms with Crippen molar-refractivity contribution in [3.8, 4) is 0 Å². The average Bonchev–Trinajstić information content (AvgIpc) is 2.96. The lowest BCUT2D eigenvalue weighted by Gasteiger charge is -2.13. The minimum Gasteiger partial charge on any atom is -0.329 e. The molecule has 1 fully saturated rings. The van der Waals surface area contributed by atoms with Gasteiger partial charge in [-0.3, -0.25) is 14.3 Å². The van der Waals surface area contributed by atoms with E-state index in [2.05, 4.69) is 15.0 Å². The molecular formula is C14H18N4O2S. The first-order valence-electron chi connectivity index (χ1n) is 7.39. The van der Waals surface area contributed by atoms with E-state index in [1.54, 1.807) is 4.57 Å². The maximum absolute atomic E-state index is 12.0. The largest absolute Gasteiger partial charge is 0.329 e. The van der Waals surface area contributed by atoms with Gasteiger partial charge in [0.1, 0.15) is 21.5 Å². The minimum atomic E-state index is -0.464. The lowest BCUT2D eigenvalue weighted by molar-refractivity contribution is 0.633. The van der Waals surface area contributed by atoms with Crippen LogP contribution in [0.1, 0.15) is 50.8 Å². The van der Waals surface area contributed by atoms with Crippen LogP contribution >= 0.6 is 12.2 Å². The Morgan fingerprint density at radius 3 is 2.67 bits per heavy atom. The smallest absolute Gasteiger partial charge is 0.329 e. The van der Waals surface area contributed by atoms with Crippen molar-refractivity contribution in [2.45, 2.75) is 51.5 Å². The second kappa shape index (κ2) is 5.55. The molecule has 0 atom stereocenters. The van der Waals surface area contributed by atoms with Crippen molar-refractivity contribution in [3.63, 3.8) is 0 Å². The highest BCUT2D eigenvalue weighted by Crippen LogP contribution is 2.32. The fourth-order valence-electron chi connectivity index (χ4n) is 3.04. The summed E-state index contributed by atoms with van der Waals surface area (Å²) in [5, 5.41) is 0.305. The lowest BCUT2D eigenvalue weighted by Crippen LogP contribution is -2.31. The zero-order valence-electron chi connectivity index (χ0n) is 11.9. The molecule has 3 rings (SSSR count). The van der Waals surface area contributed by atoms with E-state index in [0.717, 1.165) is 25.1 Å². The van der Waals surface area contributed by atoms with Crippen molar-refractivity contribution in [1.29, 1.82) is 0 Å². The first-order chi connectivity index (χ1) is 10.1. The summed E-state index contributed by atoms with van der Waals surface area (Å²) in [5.74, 6) is 1.15. The molecule has 0 aliphatic heterocycles. The Balaban J connectivity index is 2.33. The maximum Gasteiger partial charge on any atom is 0.329 e. The summed E-state index contributed by atoms with van der Waals surface area (Å²) >= 11 is 5.28. The van der Waals surface area contributed by atoms with Crippen molar-refractivity contribution < 1.29 is 0 Å². The molecule has 1 aliphatic carbocycles. The van der Waals surface area contributed by atoms with Crippen molar-refractivity contribution in [1.82, 2.24) is 19.5 Å². The highest BCUT2D eigenvalue weighted by molar-refractivity contribution is 7.71. The Morgan fingerprint density at radius 1 is 1.29 bits per heavy atom. The third kappa shape index (κ3) is 2.46. The van der Waals surface area contributed by atoms with Gasteiger partial charge in [-0.15, -0.1) is 0 Å². The van der Waals surface area contributed by atoms with Gasteiger partial charge in [0.2, 0.25) is 0 Å². The molecule has 1 aliphatic rings. The standard InChI is InChI=1S/C14H18N4O2S/c1-2-7-18-11-9(12(19)17-14(18)20)13(21)16-10(15-11)8-5-3-4-6-8/h8H,2-7H2,1H3,(H,15,16,21)(H,17,19,20). The molecule has 6 nitrogen and oxygen atoms in total. The van der Waals surface area contributed by atoms with Crippen LogP contribution in [0.2, 0.25) is 0 Å². The van der Waals surface area contributed by atoms with Crippen LogP contribution in [0, 0.1) is 4.64 Å². The number of aromatic nitrogens is 4. The number of aromatic amines is 2. The molecule has 0 amide bonds. The third-order valence-corrected chi connectivity index (χ3v) is 4.37. The quantitative estimate of drug-likeness (QED) is 0.852. The number of nitrogens with zero attached hydrogens (tertiary/aromatic N) is 2. The van der Waals surface area contributed by atoms with Gasteiger partial charge in [0.05, 0.1) is 0 Å². The summed E-state index contributed by atoms with van der Waals surface area (Å²) in [6.45, 7) is 2.52. The van der Waals surface area contributed by atoms with Gasteiger partial charge in [-0.1, -0.05) is 32.0 Å². The number of nitrogens with one attached hydrogen (secondary N) is 2. The second-order valence-electron chi connectivity index (χ2n) is 5.54. The molecule has 112 valence electrons. The molecule has 0 radical (unpaired) electrons. The molecule has 0 aromatic carbocycles. The molecule has 0 unspecified atom stereocenters. The van der Waals surface area contributed by atoms with Crippen molar-refractivity contribution in [2.75, 3.05) is 0 Å². The predicted molar refractivity (Wildman–Crippen MR) is 83.3 cm³/mol. The van der Waals surface area contributed by atoms with E-state index >= 15 is 0 Å². The summed E-state index contributed by atoms with van der Waals surface area (Å²) < 4.78 is 1.82. The van der Waals surface area contributed by atoms with Crippen LogP contribution < -0.4 is 11.2 Å². The monoisotopic (exact) mass is 306 g/mol. The zero-order chi connectivity index (χ0) is 15.0. The molecular weight excluding hydrogens is 288 g/mol. The van der Waals surface area contributed by atoms with Crippen molar-refractivity contribution >= 4 is 23.3 Å². The number of aryl methyl sites for hydroxylation is 1. The van der Waals surface area contributed by atoms with Gasteiger partial charge in [-0.25, -0.2) is 9.78 Å². The number of fused-ring (bicyclic) bond motifs is 1. The van der Waals surface area contributed by atoms with E-state index in [-0.39, 0.29) is 4.64 Å². The van der Waals surface area contributed by atoms with Gasteiger partial charge in [-0.2, -0.15) is 0 Å². The van der Waals surface area contributed by atoms with Gasteiger partial charge >= 0.3 is 5.69 Å². The summed E-state index contributed by atoms with van der Waals surface area (Å²) in [5.41, 5.74) is -0.356. The molecule has 0 spiro atoms. The maximum atomic E-state index is 12.0. The number of H-pyrrole nitrogens is 2. The summed E-state index contributed by atoms with van der Waals surface area (Å²) in [4.78, 5) is 34.0. The van der Waals surface area contributed by atoms with Gasteiger partial charge in [0.25, 0.3) is 5.56 Å². The molecule has 2 N–H and O–H groups in total. The molecule has 21 heavy (non-hydrogen) atoms. The number of hydrogen-bond donors (Lipinski definition) is 2. The SMILES string of the molecule is CCCn1c(=O)[nH]c(=O)c2c(=S)nc(C3CCCC3)[nH]c21. The van der Waals surface area contributed by atoms with Crippen LogP contribution in [0.5, 0.6) is 0 Å². The highest BCUT2D eigenvalue weighted by Gasteiger charge is 2.21. The van der Waals surface area contributed by atoms with Crippen molar-refractivity contribution in [3.05, 3.63) is 31.3 Å². The van der Waals surface area contributed by atoms with Crippen molar-refractivity contribution in [2.24, 2.45) is 0 Å². The predicted octanol–water partition coefficient (Wildman–Crippen LogP) is 2.21. The van der Waals surface area contributed by atoms with E-state index in [1.165, 1.54) is 12.8 Å². The first kappa shape index (κ1) is 14.2. The first-order valence-corrected chi connectivity index (χ1v) is 7.79. The molecule has 1 saturated carbocycles. The number of hydrogen-bond acceptors (Lipinski definition) is 4. The average molecular weight is 306 g/mol.